The second kappa shape index (κ2) is 9.70. The number of rotatable bonds is 8. The highest BCUT2D eigenvalue weighted by molar-refractivity contribution is 7.92. The summed E-state index contributed by atoms with van der Waals surface area (Å²) >= 11 is 6.11. The fourth-order valence-corrected chi connectivity index (χ4v) is 5.33. The van der Waals surface area contributed by atoms with Crippen LogP contribution in [0.3, 0.4) is 0 Å². The van der Waals surface area contributed by atoms with Crippen LogP contribution >= 0.6 is 11.6 Å². The van der Waals surface area contributed by atoms with Crippen molar-refractivity contribution < 1.29 is 21.6 Å². The number of H-pyrrole nitrogens is 1. The molecule has 0 aliphatic carbocycles. The predicted molar refractivity (Wildman–Crippen MR) is 134 cm³/mol. The van der Waals surface area contributed by atoms with Crippen LogP contribution in [-0.2, 0) is 26.5 Å². The molecule has 4 rings (SSSR count). The lowest BCUT2D eigenvalue weighted by molar-refractivity contribution is 0.0954. The SMILES string of the molecule is NS(=O)(=O)c1ccc(CCNC(=O)c2cccc(S(=O)(=O)Nc3cccc4c(Cl)c[nH]c34)c2)cc1. The number of carbonyl (C=O) groups excluding carboxylic acids is 1. The molecule has 35 heavy (non-hydrogen) atoms. The lowest BCUT2D eigenvalue weighted by atomic mass is 10.1. The average molecular weight is 533 g/mol. The molecule has 182 valence electrons. The molecule has 3 aromatic carbocycles. The smallest absolute Gasteiger partial charge is 0.261 e. The number of aromatic amines is 1. The van der Waals surface area contributed by atoms with Gasteiger partial charge in [0.05, 0.1) is 26.0 Å². The molecule has 4 aromatic rings. The Morgan fingerprint density at radius 1 is 0.943 bits per heavy atom. The third-order valence-electron chi connectivity index (χ3n) is 5.27. The van der Waals surface area contributed by atoms with Gasteiger partial charge in [-0.05, 0) is 48.4 Å². The topological polar surface area (TPSA) is 151 Å². The largest absolute Gasteiger partial charge is 0.358 e. The summed E-state index contributed by atoms with van der Waals surface area (Å²) in [4.78, 5) is 15.5. The van der Waals surface area contributed by atoms with Crippen molar-refractivity contribution >= 4 is 54.1 Å². The van der Waals surface area contributed by atoms with Gasteiger partial charge in [0.25, 0.3) is 15.9 Å². The lowest BCUT2D eigenvalue weighted by Crippen LogP contribution is -2.26. The van der Waals surface area contributed by atoms with E-state index in [1.54, 1.807) is 36.5 Å². The van der Waals surface area contributed by atoms with Crippen molar-refractivity contribution in [2.45, 2.75) is 16.2 Å². The van der Waals surface area contributed by atoms with Gasteiger partial charge in [0.1, 0.15) is 0 Å². The van der Waals surface area contributed by atoms with Crippen LogP contribution in [-0.4, -0.2) is 34.3 Å². The number of halogens is 1. The van der Waals surface area contributed by atoms with E-state index in [-0.39, 0.29) is 21.9 Å². The summed E-state index contributed by atoms with van der Waals surface area (Å²) in [6.45, 7) is 0.262. The molecule has 9 nitrogen and oxygen atoms in total. The van der Waals surface area contributed by atoms with Crippen LogP contribution in [0.2, 0.25) is 5.02 Å². The summed E-state index contributed by atoms with van der Waals surface area (Å²) in [6.07, 6.45) is 2.02. The first-order valence-corrected chi connectivity index (χ1v) is 13.7. The second-order valence-corrected chi connectivity index (χ2v) is 11.3. The zero-order valence-corrected chi connectivity index (χ0v) is 20.5. The molecule has 12 heteroatoms. The van der Waals surface area contributed by atoms with Crippen LogP contribution in [0.1, 0.15) is 15.9 Å². The predicted octanol–water partition coefficient (Wildman–Crippen LogP) is 3.24. The van der Waals surface area contributed by atoms with Crippen molar-refractivity contribution in [2.75, 3.05) is 11.3 Å². The van der Waals surface area contributed by atoms with Crippen molar-refractivity contribution in [1.82, 2.24) is 10.3 Å². The number of benzene rings is 3. The van der Waals surface area contributed by atoms with Crippen LogP contribution in [0, 0.1) is 0 Å². The number of primary sulfonamides is 1. The van der Waals surface area contributed by atoms with Crippen molar-refractivity contribution in [2.24, 2.45) is 5.14 Å². The zero-order chi connectivity index (χ0) is 25.2. The molecule has 0 aliphatic rings. The summed E-state index contributed by atoms with van der Waals surface area (Å²) in [5.41, 5.74) is 1.86. The van der Waals surface area contributed by atoms with Gasteiger partial charge < -0.3 is 10.3 Å². The van der Waals surface area contributed by atoms with E-state index in [1.807, 2.05) is 0 Å². The standard InChI is InChI=1S/C23H21ClN4O5S2/c24-20-14-27-22-19(20)5-2-6-21(22)28-35(32,33)18-4-1-3-16(13-18)23(29)26-12-11-15-7-9-17(10-8-15)34(25,30)31/h1-10,13-14,27-28H,11-12H2,(H,26,29)(H2,25,30,31). The fraction of sp³-hybridized carbons (Fsp3) is 0.0870. The average Bonchev–Trinajstić information content (AvgIpc) is 3.20. The monoisotopic (exact) mass is 532 g/mol. The van der Waals surface area contributed by atoms with Gasteiger partial charge in [-0.1, -0.05) is 41.9 Å². The maximum absolute atomic E-state index is 13.0. The molecule has 5 N–H and O–H groups in total. The third-order valence-corrected chi connectivity index (χ3v) is 7.87. The number of anilines is 1. The van der Waals surface area contributed by atoms with Crippen molar-refractivity contribution in [1.29, 1.82) is 0 Å². The molecule has 0 aliphatic heterocycles. The number of sulfonamides is 2. The minimum absolute atomic E-state index is 0.00696. The van der Waals surface area contributed by atoms with Gasteiger partial charge in [0, 0.05) is 23.7 Å². The van der Waals surface area contributed by atoms with E-state index in [0.29, 0.717) is 28.0 Å². The van der Waals surface area contributed by atoms with Gasteiger partial charge in [0.15, 0.2) is 0 Å². The molecule has 0 radical (unpaired) electrons. The summed E-state index contributed by atoms with van der Waals surface area (Å²) < 4.78 is 51.2. The van der Waals surface area contributed by atoms with Crippen molar-refractivity contribution in [3.8, 4) is 0 Å². The molecule has 1 heterocycles. The Morgan fingerprint density at radius 2 is 1.66 bits per heavy atom. The first-order valence-electron chi connectivity index (χ1n) is 10.3. The summed E-state index contributed by atoms with van der Waals surface area (Å²) in [7, 11) is -7.75. The minimum Gasteiger partial charge on any atom is -0.358 e. The number of amides is 1. The van der Waals surface area contributed by atoms with Crippen molar-refractivity contribution in [3.63, 3.8) is 0 Å². The van der Waals surface area contributed by atoms with E-state index < -0.39 is 26.0 Å². The molecular formula is C23H21ClN4O5S2. The van der Waals surface area contributed by atoms with E-state index in [9.17, 15) is 21.6 Å². The Bertz CT molecular complexity index is 1620. The van der Waals surface area contributed by atoms with E-state index in [0.717, 1.165) is 5.56 Å². The Labute approximate surface area is 207 Å². The maximum atomic E-state index is 13.0. The minimum atomic E-state index is -3.98. The molecule has 0 bridgehead atoms. The van der Waals surface area contributed by atoms with E-state index in [2.05, 4.69) is 15.0 Å². The summed E-state index contributed by atoms with van der Waals surface area (Å²) in [5.74, 6) is -0.443. The van der Waals surface area contributed by atoms with Crippen LogP contribution in [0.4, 0.5) is 5.69 Å². The number of hydrogen-bond acceptors (Lipinski definition) is 5. The third kappa shape index (κ3) is 5.65. The fourth-order valence-electron chi connectivity index (χ4n) is 3.48. The Balaban J connectivity index is 1.43. The molecule has 0 fully saturated rings. The molecule has 0 atom stereocenters. The number of nitrogens with one attached hydrogen (secondary N) is 3. The van der Waals surface area contributed by atoms with E-state index in [1.165, 1.54) is 36.4 Å². The molecule has 0 unspecified atom stereocenters. The van der Waals surface area contributed by atoms with Gasteiger partial charge in [-0.25, -0.2) is 22.0 Å². The van der Waals surface area contributed by atoms with Gasteiger partial charge in [-0.2, -0.15) is 0 Å². The number of nitrogens with two attached hydrogens (primary N) is 1. The molecule has 1 aromatic heterocycles. The van der Waals surface area contributed by atoms with Crippen LogP contribution in [0.25, 0.3) is 10.9 Å². The van der Waals surface area contributed by atoms with E-state index in [4.69, 9.17) is 16.7 Å². The Morgan fingerprint density at radius 3 is 2.37 bits per heavy atom. The van der Waals surface area contributed by atoms with Gasteiger partial charge in [-0.15, -0.1) is 0 Å². The molecular weight excluding hydrogens is 512 g/mol. The number of hydrogen-bond donors (Lipinski definition) is 4. The molecule has 0 saturated heterocycles. The molecule has 1 amide bonds. The highest BCUT2D eigenvalue weighted by Gasteiger charge is 2.18. The van der Waals surface area contributed by atoms with Crippen LogP contribution < -0.4 is 15.2 Å². The summed E-state index contributed by atoms with van der Waals surface area (Å²) in [6, 6.07) is 16.8. The second-order valence-electron chi connectivity index (χ2n) is 7.69. The lowest BCUT2D eigenvalue weighted by Gasteiger charge is -2.11. The number of para-hydroxylation sites is 1. The maximum Gasteiger partial charge on any atom is 0.261 e. The quantitative estimate of drug-likeness (QED) is 0.274. The first-order chi connectivity index (χ1) is 16.5. The Kier molecular flexibility index (Phi) is 6.86. The Hall–Kier alpha value is -3.38. The number of carbonyl (C=O) groups is 1. The summed E-state index contributed by atoms with van der Waals surface area (Å²) in [5, 5.41) is 8.97. The highest BCUT2D eigenvalue weighted by atomic mass is 35.5. The number of aromatic nitrogens is 1. The van der Waals surface area contributed by atoms with E-state index >= 15 is 0 Å². The van der Waals surface area contributed by atoms with Crippen molar-refractivity contribution in [3.05, 3.63) is 89.1 Å². The molecule has 0 spiro atoms. The number of fused-ring (bicyclic) bond motifs is 1. The van der Waals surface area contributed by atoms with Gasteiger partial charge in [0.2, 0.25) is 10.0 Å². The van der Waals surface area contributed by atoms with Crippen LogP contribution in [0.15, 0.2) is 82.7 Å². The van der Waals surface area contributed by atoms with Crippen LogP contribution in [0.5, 0.6) is 0 Å². The molecule has 0 saturated carbocycles. The van der Waals surface area contributed by atoms with Gasteiger partial charge in [-0.3, -0.25) is 9.52 Å². The highest BCUT2D eigenvalue weighted by Crippen LogP contribution is 2.30. The first kappa shape index (κ1) is 24.7. The zero-order valence-electron chi connectivity index (χ0n) is 18.2. The normalized spacial score (nSPS) is 11.9. The van der Waals surface area contributed by atoms with Gasteiger partial charge >= 0.3 is 0 Å².